The molecule has 2 aromatic rings. The third-order valence-corrected chi connectivity index (χ3v) is 3.53. The molecule has 4 nitrogen and oxygen atoms in total. The van der Waals surface area contributed by atoms with Gasteiger partial charge in [-0.05, 0) is 31.4 Å². The third kappa shape index (κ3) is 1.68. The summed E-state index contributed by atoms with van der Waals surface area (Å²) in [6.07, 6.45) is 4.94. The Bertz CT molecular complexity index is 582. The van der Waals surface area contributed by atoms with Gasteiger partial charge in [0.2, 0.25) is 0 Å². The number of aromatic nitrogens is 2. The highest BCUT2D eigenvalue weighted by atomic mass is 16.2. The summed E-state index contributed by atoms with van der Waals surface area (Å²) in [7, 11) is 0. The smallest absolute Gasteiger partial charge is 0.272 e. The van der Waals surface area contributed by atoms with E-state index in [2.05, 4.69) is 4.98 Å². The number of imidazole rings is 1. The van der Waals surface area contributed by atoms with Gasteiger partial charge in [0.15, 0.2) is 0 Å². The van der Waals surface area contributed by atoms with E-state index >= 15 is 0 Å². The maximum atomic E-state index is 12.6. The minimum atomic E-state index is 0.128. The van der Waals surface area contributed by atoms with Crippen LogP contribution in [0.25, 0.3) is 5.65 Å². The summed E-state index contributed by atoms with van der Waals surface area (Å²) < 4.78 is 1.92. The first-order chi connectivity index (χ1) is 8.81. The van der Waals surface area contributed by atoms with E-state index in [-0.39, 0.29) is 5.91 Å². The van der Waals surface area contributed by atoms with Crippen LogP contribution in [0.1, 0.15) is 35.9 Å². The number of likely N-dealkylation sites (tertiary alicyclic amines) is 1. The molecule has 1 fully saturated rings. The molecular weight excluding hydrogens is 226 g/mol. The number of carbonyl (C=O) groups is 1. The van der Waals surface area contributed by atoms with Crippen LogP contribution < -0.4 is 0 Å². The predicted octanol–water partition coefficient (Wildman–Crippen LogP) is 2.13. The summed E-state index contributed by atoms with van der Waals surface area (Å²) in [5, 5.41) is 0. The molecule has 1 saturated heterocycles. The van der Waals surface area contributed by atoms with Crippen molar-refractivity contribution in [1.82, 2.24) is 14.3 Å². The number of pyridine rings is 1. The van der Waals surface area contributed by atoms with Crippen molar-refractivity contribution in [3.8, 4) is 0 Å². The van der Waals surface area contributed by atoms with Gasteiger partial charge in [0.25, 0.3) is 5.91 Å². The predicted molar refractivity (Wildman–Crippen MR) is 69.7 cm³/mol. The number of nitrogens with zero attached hydrogens (tertiary/aromatic N) is 3. The van der Waals surface area contributed by atoms with Crippen molar-refractivity contribution < 1.29 is 4.79 Å². The van der Waals surface area contributed by atoms with Crippen LogP contribution in [-0.2, 0) is 6.42 Å². The normalized spacial score (nSPS) is 15.5. The van der Waals surface area contributed by atoms with Crippen molar-refractivity contribution in [2.24, 2.45) is 0 Å². The SMILES string of the molecule is CCc1nc2ccccn2c1C(=O)N1CCCC1. The van der Waals surface area contributed by atoms with Crippen molar-refractivity contribution >= 4 is 11.6 Å². The topological polar surface area (TPSA) is 37.6 Å². The lowest BCUT2D eigenvalue weighted by atomic mass is 10.2. The first-order valence-corrected chi connectivity index (χ1v) is 6.56. The number of hydrogen-bond acceptors (Lipinski definition) is 2. The largest absolute Gasteiger partial charge is 0.337 e. The molecule has 0 aromatic carbocycles. The number of hydrogen-bond donors (Lipinski definition) is 0. The Balaban J connectivity index is 2.11. The number of carbonyl (C=O) groups excluding carboxylic acids is 1. The van der Waals surface area contributed by atoms with Crippen molar-refractivity contribution in [2.75, 3.05) is 13.1 Å². The quantitative estimate of drug-likeness (QED) is 0.810. The zero-order valence-electron chi connectivity index (χ0n) is 10.6. The Morgan fingerprint density at radius 3 is 2.83 bits per heavy atom. The highest BCUT2D eigenvalue weighted by molar-refractivity contribution is 5.95. The summed E-state index contributed by atoms with van der Waals surface area (Å²) in [4.78, 5) is 19.0. The first kappa shape index (κ1) is 11.3. The Morgan fingerprint density at radius 1 is 1.33 bits per heavy atom. The van der Waals surface area contributed by atoms with E-state index in [4.69, 9.17) is 0 Å². The van der Waals surface area contributed by atoms with Gasteiger partial charge >= 0.3 is 0 Å². The fourth-order valence-electron chi connectivity index (χ4n) is 2.59. The molecule has 94 valence electrons. The van der Waals surface area contributed by atoms with Gasteiger partial charge in [-0.3, -0.25) is 9.20 Å². The second kappa shape index (κ2) is 4.44. The molecule has 1 amide bonds. The van der Waals surface area contributed by atoms with Crippen molar-refractivity contribution in [3.05, 3.63) is 35.8 Å². The van der Waals surface area contributed by atoms with Crippen molar-refractivity contribution in [1.29, 1.82) is 0 Å². The van der Waals surface area contributed by atoms with Gasteiger partial charge in [-0.2, -0.15) is 0 Å². The van der Waals surface area contributed by atoms with Gasteiger partial charge in [0.05, 0.1) is 5.69 Å². The lowest BCUT2D eigenvalue weighted by Crippen LogP contribution is -2.29. The second-order valence-corrected chi connectivity index (χ2v) is 4.69. The molecular formula is C14H17N3O. The standard InChI is InChI=1S/C14H17N3O/c1-2-11-13(14(18)16-8-5-6-9-16)17-10-4-3-7-12(17)15-11/h3-4,7,10H,2,5-6,8-9H2,1H3. The Labute approximate surface area is 106 Å². The van der Waals surface area contributed by atoms with Crippen LogP contribution >= 0.6 is 0 Å². The summed E-state index contributed by atoms with van der Waals surface area (Å²) >= 11 is 0. The van der Waals surface area contributed by atoms with E-state index in [0.29, 0.717) is 0 Å². The molecule has 0 aliphatic carbocycles. The van der Waals surface area contributed by atoms with Crippen LogP contribution in [0.5, 0.6) is 0 Å². The molecule has 18 heavy (non-hydrogen) atoms. The molecule has 1 aliphatic heterocycles. The van der Waals surface area contributed by atoms with Crippen LogP contribution in [0.15, 0.2) is 24.4 Å². The Morgan fingerprint density at radius 2 is 2.11 bits per heavy atom. The van der Waals surface area contributed by atoms with E-state index in [1.54, 1.807) is 0 Å². The minimum absolute atomic E-state index is 0.128. The van der Waals surface area contributed by atoms with Gasteiger partial charge < -0.3 is 4.90 Å². The summed E-state index contributed by atoms with van der Waals surface area (Å²) in [5.41, 5.74) is 2.50. The monoisotopic (exact) mass is 243 g/mol. The van der Waals surface area contributed by atoms with Crippen molar-refractivity contribution in [2.45, 2.75) is 26.2 Å². The zero-order chi connectivity index (χ0) is 12.5. The molecule has 1 aliphatic rings. The molecule has 0 atom stereocenters. The highest BCUT2D eigenvalue weighted by Crippen LogP contribution is 2.18. The molecule has 0 spiro atoms. The minimum Gasteiger partial charge on any atom is -0.337 e. The molecule has 0 unspecified atom stereocenters. The average Bonchev–Trinajstić information content (AvgIpc) is 3.04. The van der Waals surface area contributed by atoms with Crippen molar-refractivity contribution in [3.63, 3.8) is 0 Å². The van der Waals surface area contributed by atoms with E-state index in [1.807, 2.05) is 40.6 Å². The fourth-order valence-corrected chi connectivity index (χ4v) is 2.59. The molecule has 4 heteroatoms. The summed E-state index contributed by atoms with van der Waals surface area (Å²) in [5.74, 6) is 0.128. The summed E-state index contributed by atoms with van der Waals surface area (Å²) in [6, 6.07) is 5.83. The van der Waals surface area contributed by atoms with E-state index in [9.17, 15) is 4.79 Å². The second-order valence-electron chi connectivity index (χ2n) is 4.69. The van der Waals surface area contributed by atoms with Gasteiger partial charge in [0, 0.05) is 19.3 Å². The third-order valence-electron chi connectivity index (χ3n) is 3.53. The molecule has 0 N–H and O–H groups in total. The summed E-state index contributed by atoms with van der Waals surface area (Å²) in [6.45, 7) is 3.80. The van der Waals surface area contributed by atoms with E-state index in [1.165, 1.54) is 0 Å². The number of amides is 1. The molecule has 0 radical (unpaired) electrons. The molecule has 3 heterocycles. The molecule has 3 rings (SSSR count). The van der Waals surface area contributed by atoms with Crippen LogP contribution in [0.4, 0.5) is 0 Å². The molecule has 2 aromatic heterocycles. The Hall–Kier alpha value is -1.84. The number of fused-ring (bicyclic) bond motifs is 1. The fraction of sp³-hybridized carbons (Fsp3) is 0.429. The first-order valence-electron chi connectivity index (χ1n) is 6.56. The lowest BCUT2D eigenvalue weighted by molar-refractivity contribution is 0.0785. The highest BCUT2D eigenvalue weighted by Gasteiger charge is 2.25. The van der Waals surface area contributed by atoms with Gasteiger partial charge in [-0.15, -0.1) is 0 Å². The van der Waals surface area contributed by atoms with Crippen LogP contribution in [0.3, 0.4) is 0 Å². The average molecular weight is 243 g/mol. The Kier molecular flexibility index (Phi) is 2.78. The van der Waals surface area contributed by atoms with Crippen LogP contribution in [0.2, 0.25) is 0 Å². The van der Waals surface area contributed by atoms with E-state index < -0.39 is 0 Å². The maximum Gasteiger partial charge on any atom is 0.272 e. The zero-order valence-corrected chi connectivity index (χ0v) is 10.6. The van der Waals surface area contributed by atoms with Crippen LogP contribution in [0, 0.1) is 0 Å². The molecule has 0 bridgehead atoms. The van der Waals surface area contributed by atoms with Gasteiger partial charge in [0.1, 0.15) is 11.3 Å². The van der Waals surface area contributed by atoms with E-state index in [0.717, 1.165) is 49.4 Å². The maximum absolute atomic E-state index is 12.6. The number of aryl methyl sites for hydroxylation is 1. The van der Waals surface area contributed by atoms with Gasteiger partial charge in [-0.1, -0.05) is 13.0 Å². The molecule has 0 saturated carbocycles. The van der Waals surface area contributed by atoms with Crippen LogP contribution in [-0.4, -0.2) is 33.3 Å². The lowest BCUT2D eigenvalue weighted by Gasteiger charge is -2.15. The van der Waals surface area contributed by atoms with Gasteiger partial charge in [-0.25, -0.2) is 4.98 Å². The number of rotatable bonds is 2.